The van der Waals surface area contributed by atoms with E-state index in [1.54, 1.807) is 24.3 Å². The number of carboxylic acid groups (broad SMARTS) is 1. The Morgan fingerprint density at radius 2 is 2.10 bits per heavy atom. The summed E-state index contributed by atoms with van der Waals surface area (Å²) in [5.41, 5.74) is 1.42. The highest BCUT2D eigenvalue weighted by atomic mass is 35.5. The molecule has 0 radical (unpaired) electrons. The van der Waals surface area contributed by atoms with Gasteiger partial charge in [-0.1, -0.05) is 12.1 Å². The van der Waals surface area contributed by atoms with Gasteiger partial charge in [-0.15, -0.1) is 0 Å². The molecule has 5 nitrogen and oxygen atoms in total. The molecule has 102 valence electrons. The highest BCUT2D eigenvalue weighted by molar-refractivity contribution is 6.32. The van der Waals surface area contributed by atoms with Gasteiger partial charge in [0.15, 0.2) is 0 Å². The van der Waals surface area contributed by atoms with Crippen molar-refractivity contribution in [2.75, 3.05) is 5.32 Å². The lowest BCUT2D eigenvalue weighted by Crippen LogP contribution is -2.11. The fraction of sp³-hybridized carbons (Fsp3) is 0. The number of halogens is 1. The van der Waals surface area contributed by atoms with Crippen molar-refractivity contribution in [2.24, 2.45) is 0 Å². The molecule has 2 N–H and O–H groups in total. The predicted octanol–water partition coefficient (Wildman–Crippen LogP) is 3.28. The van der Waals surface area contributed by atoms with Crippen molar-refractivity contribution in [1.29, 1.82) is 0 Å². The molecule has 1 aromatic heterocycles. The summed E-state index contributed by atoms with van der Waals surface area (Å²) in [5.74, 6) is -1.44. The Hall–Kier alpha value is -2.53. The van der Waals surface area contributed by atoms with Crippen molar-refractivity contribution >= 4 is 35.2 Å². The van der Waals surface area contributed by atoms with Crippen molar-refractivity contribution in [3.05, 3.63) is 59.0 Å². The van der Waals surface area contributed by atoms with Crippen LogP contribution in [-0.2, 0) is 4.79 Å². The monoisotopic (exact) mass is 291 g/mol. The summed E-state index contributed by atoms with van der Waals surface area (Å²) in [6.07, 6.45) is 3.78. The molecular formula is C14H10ClNO4. The third-order valence-electron chi connectivity index (χ3n) is 2.43. The number of carbonyl (C=O) groups excluding carboxylic acids is 1. The van der Waals surface area contributed by atoms with Gasteiger partial charge in [0.2, 0.25) is 5.22 Å². The van der Waals surface area contributed by atoms with E-state index in [1.807, 2.05) is 0 Å². The fourth-order valence-electron chi connectivity index (χ4n) is 1.54. The summed E-state index contributed by atoms with van der Waals surface area (Å²) in [7, 11) is 0. The maximum absolute atomic E-state index is 11.9. The van der Waals surface area contributed by atoms with Crippen LogP contribution in [0.3, 0.4) is 0 Å². The smallest absolute Gasteiger partial charge is 0.328 e. The average Bonchev–Trinajstić information content (AvgIpc) is 2.83. The van der Waals surface area contributed by atoms with E-state index in [-0.39, 0.29) is 10.8 Å². The Morgan fingerprint density at radius 1 is 1.30 bits per heavy atom. The second-order valence-electron chi connectivity index (χ2n) is 3.86. The van der Waals surface area contributed by atoms with E-state index in [4.69, 9.17) is 21.1 Å². The number of aliphatic carboxylic acids is 1. The normalized spacial score (nSPS) is 10.7. The number of furan rings is 1. The number of rotatable bonds is 4. The van der Waals surface area contributed by atoms with Crippen LogP contribution < -0.4 is 5.32 Å². The summed E-state index contributed by atoms with van der Waals surface area (Å²) in [4.78, 5) is 22.4. The van der Waals surface area contributed by atoms with Crippen molar-refractivity contribution in [3.63, 3.8) is 0 Å². The predicted molar refractivity (Wildman–Crippen MR) is 74.8 cm³/mol. The highest BCUT2D eigenvalue weighted by Gasteiger charge is 2.12. The van der Waals surface area contributed by atoms with Gasteiger partial charge in [0.05, 0.1) is 11.8 Å². The molecule has 0 spiro atoms. The summed E-state index contributed by atoms with van der Waals surface area (Å²) in [5, 5.41) is 11.2. The van der Waals surface area contributed by atoms with Gasteiger partial charge >= 0.3 is 5.97 Å². The second-order valence-corrected chi connectivity index (χ2v) is 4.20. The number of benzene rings is 1. The number of carbonyl (C=O) groups is 2. The fourth-order valence-corrected chi connectivity index (χ4v) is 1.74. The van der Waals surface area contributed by atoms with Crippen LogP contribution in [0.15, 0.2) is 47.1 Å². The molecule has 0 saturated heterocycles. The van der Waals surface area contributed by atoms with Gasteiger partial charge in [0.1, 0.15) is 0 Å². The van der Waals surface area contributed by atoms with Gasteiger partial charge in [-0.25, -0.2) is 4.79 Å². The van der Waals surface area contributed by atoms with Gasteiger partial charge in [0, 0.05) is 11.8 Å². The standard InChI is InChI=1S/C14H10ClNO4/c15-13-11(6-7-20-13)14(19)16-10-3-1-2-9(8-10)4-5-12(17)18/h1-8H,(H,16,19)(H,17,18)/b5-4+. The summed E-state index contributed by atoms with van der Waals surface area (Å²) >= 11 is 5.71. The Balaban J connectivity index is 2.14. The van der Waals surface area contributed by atoms with Crippen LogP contribution >= 0.6 is 11.6 Å². The molecule has 0 saturated carbocycles. The van der Waals surface area contributed by atoms with E-state index < -0.39 is 11.9 Å². The molecule has 1 heterocycles. The molecule has 0 aliphatic rings. The molecule has 1 aromatic carbocycles. The second kappa shape index (κ2) is 6.08. The van der Waals surface area contributed by atoms with E-state index in [2.05, 4.69) is 5.32 Å². The van der Waals surface area contributed by atoms with Gasteiger partial charge in [-0.2, -0.15) is 0 Å². The molecule has 0 atom stereocenters. The van der Waals surface area contributed by atoms with Gasteiger partial charge < -0.3 is 14.8 Å². The van der Waals surface area contributed by atoms with Crippen LogP contribution in [0.25, 0.3) is 6.08 Å². The van der Waals surface area contributed by atoms with Gasteiger partial charge in [-0.3, -0.25) is 4.79 Å². The van der Waals surface area contributed by atoms with E-state index in [9.17, 15) is 9.59 Å². The first-order valence-corrected chi connectivity index (χ1v) is 5.99. The van der Waals surface area contributed by atoms with Crippen LogP contribution in [0.4, 0.5) is 5.69 Å². The molecule has 0 unspecified atom stereocenters. The number of anilines is 1. The molecule has 0 fully saturated rings. The van der Waals surface area contributed by atoms with E-state index in [1.165, 1.54) is 18.4 Å². The molecule has 2 aromatic rings. The minimum atomic E-state index is -1.04. The topological polar surface area (TPSA) is 79.5 Å². The Labute approximate surface area is 119 Å². The van der Waals surface area contributed by atoms with Crippen molar-refractivity contribution in [3.8, 4) is 0 Å². The van der Waals surface area contributed by atoms with E-state index in [0.717, 1.165) is 6.08 Å². The Bertz CT molecular complexity index is 675. The maximum Gasteiger partial charge on any atom is 0.328 e. The molecule has 1 amide bonds. The summed E-state index contributed by atoms with van der Waals surface area (Å²) in [6.45, 7) is 0. The first-order valence-electron chi connectivity index (χ1n) is 5.61. The van der Waals surface area contributed by atoms with Crippen molar-refractivity contribution < 1.29 is 19.1 Å². The molecule has 0 aliphatic carbocycles. The minimum Gasteiger partial charge on any atom is -0.478 e. The van der Waals surface area contributed by atoms with Crippen LogP contribution in [-0.4, -0.2) is 17.0 Å². The van der Waals surface area contributed by atoms with Crippen LogP contribution in [0.5, 0.6) is 0 Å². The van der Waals surface area contributed by atoms with E-state index in [0.29, 0.717) is 11.3 Å². The number of hydrogen-bond donors (Lipinski definition) is 2. The summed E-state index contributed by atoms with van der Waals surface area (Å²) in [6, 6.07) is 8.22. The largest absolute Gasteiger partial charge is 0.478 e. The molecule has 0 bridgehead atoms. The Kier molecular flexibility index (Phi) is 4.22. The lowest BCUT2D eigenvalue weighted by molar-refractivity contribution is -0.131. The highest BCUT2D eigenvalue weighted by Crippen LogP contribution is 2.19. The molecular weight excluding hydrogens is 282 g/mol. The number of amides is 1. The maximum atomic E-state index is 11.9. The molecule has 6 heteroatoms. The van der Waals surface area contributed by atoms with Crippen LogP contribution in [0.2, 0.25) is 5.22 Å². The Morgan fingerprint density at radius 3 is 2.75 bits per heavy atom. The minimum absolute atomic E-state index is 0.0180. The van der Waals surface area contributed by atoms with Gasteiger partial charge in [-0.05, 0) is 41.4 Å². The zero-order valence-corrected chi connectivity index (χ0v) is 10.9. The zero-order valence-electron chi connectivity index (χ0n) is 10.2. The van der Waals surface area contributed by atoms with Crippen molar-refractivity contribution in [2.45, 2.75) is 0 Å². The zero-order chi connectivity index (χ0) is 14.5. The average molecular weight is 292 g/mol. The first kappa shape index (κ1) is 13.9. The molecule has 2 rings (SSSR count). The number of carboxylic acids is 1. The van der Waals surface area contributed by atoms with Crippen molar-refractivity contribution in [1.82, 2.24) is 0 Å². The third-order valence-corrected chi connectivity index (χ3v) is 2.72. The summed E-state index contributed by atoms with van der Waals surface area (Å²) < 4.78 is 4.84. The SMILES string of the molecule is O=C(O)/C=C/c1cccc(NC(=O)c2ccoc2Cl)c1. The van der Waals surface area contributed by atoms with Gasteiger partial charge in [0.25, 0.3) is 5.91 Å². The first-order chi connectivity index (χ1) is 9.56. The molecule has 20 heavy (non-hydrogen) atoms. The van der Waals surface area contributed by atoms with E-state index >= 15 is 0 Å². The molecule has 0 aliphatic heterocycles. The van der Waals surface area contributed by atoms with Crippen LogP contribution in [0, 0.1) is 0 Å². The third kappa shape index (κ3) is 3.49. The van der Waals surface area contributed by atoms with Crippen LogP contribution in [0.1, 0.15) is 15.9 Å². The lowest BCUT2D eigenvalue weighted by Gasteiger charge is -2.04. The number of nitrogens with one attached hydrogen (secondary N) is 1. The lowest BCUT2D eigenvalue weighted by atomic mass is 10.2. The number of hydrogen-bond acceptors (Lipinski definition) is 3. The quantitative estimate of drug-likeness (QED) is 0.847.